The Bertz CT molecular complexity index is 340. The molecule has 0 saturated heterocycles. The van der Waals surface area contributed by atoms with E-state index in [-0.39, 0.29) is 6.10 Å². The van der Waals surface area contributed by atoms with E-state index < -0.39 is 0 Å². The van der Waals surface area contributed by atoms with Crippen LogP contribution in [0.2, 0.25) is 5.02 Å². The van der Waals surface area contributed by atoms with E-state index in [0.717, 1.165) is 22.8 Å². The van der Waals surface area contributed by atoms with Gasteiger partial charge in [-0.2, -0.15) is 0 Å². The van der Waals surface area contributed by atoms with E-state index in [1.165, 1.54) is 0 Å². The van der Waals surface area contributed by atoms with Crippen LogP contribution in [0, 0.1) is 0 Å². The van der Waals surface area contributed by atoms with E-state index in [2.05, 4.69) is 12.2 Å². The summed E-state index contributed by atoms with van der Waals surface area (Å²) < 4.78 is 5.79. The molecule has 0 bridgehead atoms. The molecule has 2 unspecified atom stereocenters. The summed E-state index contributed by atoms with van der Waals surface area (Å²) in [7, 11) is 1.94. The summed E-state index contributed by atoms with van der Waals surface area (Å²) in [6, 6.07) is 6.16. The third-order valence-corrected chi connectivity index (χ3v) is 3.13. The molecule has 14 heavy (non-hydrogen) atoms. The van der Waals surface area contributed by atoms with E-state index in [1.54, 1.807) is 0 Å². The molecule has 0 saturated carbocycles. The third-order valence-electron chi connectivity index (χ3n) is 2.77. The summed E-state index contributed by atoms with van der Waals surface area (Å²) in [5, 5.41) is 4.01. The Kier molecular flexibility index (Phi) is 2.66. The van der Waals surface area contributed by atoms with Crippen LogP contribution in [0.4, 0.5) is 0 Å². The van der Waals surface area contributed by atoms with Crippen LogP contribution in [0.15, 0.2) is 18.2 Å². The van der Waals surface area contributed by atoms with Crippen molar-refractivity contribution >= 4 is 11.6 Å². The minimum atomic E-state index is 0.204. The lowest BCUT2D eigenvalue weighted by molar-refractivity contribution is 0.191. The summed E-state index contributed by atoms with van der Waals surface area (Å²) in [5.41, 5.74) is 1.14. The first-order valence-electron chi connectivity index (χ1n) is 4.83. The Morgan fingerprint density at radius 3 is 3.00 bits per heavy atom. The average Bonchev–Trinajstić information content (AvgIpc) is 2.62. The molecule has 0 aliphatic carbocycles. The van der Waals surface area contributed by atoms with Gasteiger partial charge >= 0.3 is 0 Å². The smallest absolute Gasteiger partial charge is 0.124 e. The number of hydrogen-bond acceptors (Lipinski definition) is 2. The summed E-state index contributed by atoms with van der Waals surface area (Å²) in [5.74, 6) is 0.935. The molecule has 1 aliphatic rings. The molecule has 2 rings (SSSR count). The number of halogens is 1. The van der Waals surface area contributed by atoms with E-state index in [4.69, 9.17) is 16.3 Å². The zero-order chi connectivity index (χ0) is 10.1. The monoisotopic (exact) mass is 211 g/mol. The molecule has 2 atom stereocenters. The van der Waals surface area contributed by atoms with Gasteiger partial charge in [0.05, 0.1) is 0 Å². The molecule has 1 N–H and O–H groups in total. The normalized spacial score (nSPS) is 21.5. The second-order valence-electron chi connectivity index (χ2n) is 3.65. The van der Waals surface area contributed by atoms with Crippen LogP contribution in [0.5, 0.6) is 5.75 Å². The molecule has 1 aliphatic heterocycles. The molecular formula is C11H14ClNO. The van der Waals surface area contributed by atoms with Gasteiger partial charge < -0.3 is 10.1 Å². The van der Waals surface area contributed by atoms with Crippen LogP contribution < -0.4 is 10.1 Å². The quantitative estimate of drug-likeness (QED) is 0.810. The third kappa shape index (κ3) is 1.60. The first-order chi connectivity index (χ1) is 6.72. The van der Waals surface area contributed by atoms with E-state index >= 15 is 0 Å². The fraction of sp³-hybridized carbons (Fsp3) is 0.455. The fourth-order valence-corrected chi connectivity index (χ4v) is 1.96. The Labute approximate surface area is 89.2 Å². The molecule has 0 amide bonds. The minimum Gasteiger partial charge on any atom is -0.488 e. The van der Waals surface area contributed by atoms with Crippen LogP contribution in [0.25, 0.3) is 0 Å². The second kappa shape index (κ2) is 3.79. The lowest BCUT2D eigenvalue weighted by Crippen LogP contribution is -2.37. The predicted molar refractivity (Wildman–Crippen MR) is 58.1 cm³/mol. The van der Waals surface area contributed by atoms with Crippen molar-refractivity contribution in [1.29, 1.82) is 0 Å². The maximum absolute atomic E-state index is 6.08. The number of fused-ring (bicyclic) bond motifs is 1. The first-order valence-corrected chi connectivity index (χ1v) is 5.21. The highest BCUT2D eigenvalue weighted by molar-refractivity contribution is 6.31. The SMILES string of the molecule is CNC(C)C1Cc2c(Cl)cccc2O1. The summed E-state index contributed by atoms with van der Waals surface area (Å²) in [4.78, 5) is 0. The van der Waals surface area contributed by atoms with Gasteiger partial charge in [0.2, 0.25) is 0 Å². The van der Waals surface area contributed by atoms with Crippen molar-refractivity contribution < 1.29 is 4.74 Å². The Hall–Kier alpha value is -0.730. The van der Waals surface area contributed by atoms with Crippen LogP contribution in [0.1, 0.15) is 12.5 Å². The van der Waals surface area contributed by atoms with Crippen LogP contribution in [-0.2, 0) is 6.42 Å². The zero-order valence-corrected chi connectivity index (χ0v) is 9.14. The molecule has 1 aromatic rings. The van der Waals surface area contributed by atoms with Crippen molar-refractivity contribution in [2.24, 2.45) is 0 Å². The van der Waals surface area contributed by atoms with Crippen LogP contribution in [0.3, 0.4) is 0 Å². The molecule has 76 valence electrons. The minimum absolute atomic E-state index is 0.204. The van der Waals surface area contributed by atoms with Gasteiger partial charge in [-0.1, -0.05) is 17.7 Å². The molecule has 0 aromatic heterocycles. The van der Waals surface area contributed by atoms with Gasteiger partial charge in [-0.3, -0.25) is 0 Å². The number of benzene rings is 1. The van der Waals surface area contributed by atoms with Crippen molar-refractivity contribution in [2.75, 3.05) is 7.05 Å². The van der Waals surface area contributed by atoms with Gasteiger partial charge in [0, 0.05) is 23.0 Å². The van der Waals surface area contributed by atoms with Gasteiger partial charge in [-0.15, -0.1) is 0 Å². The number of nitrogens with one attached hydrogen (secondary N) is 1. The second-order valence-corrected chi connectivity index (χ2v) is 4.06. The van der Waals surface area contributed by atoms with Crippen LogP contribution >= 0.6 is 11.6 Å². The van der Waals surface area contributed by atoms with Crippen molar-refractivity contribution in [3.8, 4) is 5.75 Å². The Balaban J connectivity index is 2.22. The van der Waals surface area contributed by atoms with E-state index in [1.807, 2.05) is 25.2 Å². The van der Waals surface area contributed by atoms with Crippen LogP contribution in [-0.4, -0.2) is 19.2 Å². The van der Waals surface area contributed by atoms with E-state index in [9.17, 15) is 0 Å². The number of likely N-dealkylation sites (N-methyl/N-ethyl adjacent to an activating group) is 1. The molecule has 1 heterocycles. The molecule has 1 aromatic carbocycles. The number of rotatable bonds is 2. The average molecular weight is 212 g/mol. The van der Waals surface area contributed by atoms with E-state index in [0.29, 0.717) is 6.04 Å². The zero-order valence-electron chi connectivity index (χ0n) is 8.38. The number of ether oxygens (including phenoxy) is 1. The topological polar surface area (TPSA) is 21.3 Å². The number of hydrogen-bond donors (Lipinski definition) is 1. The van der Waals surface area contributed by atoms with Gasteiger partial charge in [0.15, 0.2) is 0 Å². The molecule has 0 spiro atoms. The molecular weight excluding hydrogens is 198 g/mol. The molecule has 2 nitrogen and oxygen atoms in total. The van der Waals surface area contributed by atoms with Gasteiger partial charge in [-0.25, -0.2) is 0 Å². The van der Waals surface area contributed by atoms with Gasteiger partial charge in [0.25, 0.3) is 0 Å². The Morgan fingerprint density at radius 2 is 2.36 bits per heavy atom. The summed E-state index contributed by atoms with van der Waals surface area (Å²) in [6.45, 7) is 2.12. The first kappa shape index (κ1) is 9.81. The van der Waals surface area contributed by atoms with Gasteiger partial charge in [-0.05, 0) is 26.1 Å². The molecule has 0 fully saturated rings. The maximum atomic E-state index is 6.08. The lowest BCUT2D eigenvalue weighted by atomic mass is 10.1. The fourth-order valence-electron chi connectivity index (χ4n) is 1.72. The summed E-state index contributed by atoms with van der Waals surface area (Å²) in [6.07, 6.45) is 1.10. The molecule has 0 radical (unpaired) electrons. The standard InChI is InChI=1S/C11H14ClNO/c1-7(13-2)11-6-8-9(12)4-3-5-10(8)14-11/h3-5,7,11,13H,6H2,1-2H3. The largest absolute Gasteiger partial charge is 0.488 e. The van der Waals surface area contributed by atoms with Gasteiger partial charge in [0.1, 0.15) is 11.9 Å². The highest BCUT2D eigenvalue weighted by Gasteiger charge is 2.28. The van der Waals surface area contributed by atoms with Crippen molar-refractivity contribution in [2.45, 2.75) is 25.5 Å². The predicted octanol–water partition coefficient (Wildman–Crippen LogP) is 2.25. The summed E-state index contributed by atoms with van der Waals surface area (Å²) >= 11 is 6.08. The Morgan fingerprint density at radius 1 is 1.57 bits per heavy atom. The lowest BCUT2D eigenvalue weighted by Gasteiger charge is -2.17. The highest BCUT2D eigenvalue weighted by Crippen LogP contribution is 2.34. The van der Waals surface area contributed by atoms with Crippen molar-refractivity contribution in [3.63, 3.8) is 0 Å². The van der Waals surface area contributed by atoms with Crippen molar-refractivity contribution in [3.05, 3.63) is 28.8 Å². The van der Waals surface area contributed by atoms with Crippen molar-refractivity contribution in [1.82, 2.24) is 5.32 Å². The molecule has 3 heteroatoms. The maximum Gasteiger partial charge on any atom is 0.124 e. The highest BCUT2D eigenvalue weighted by atomic mass is 35.5.